The van der Waals surface area contributed by atoms with Gasteiger partial charge in [0, 0.05) is 5.02 Å². The number of carbonyl (C=O) groups excluding carboxylic acids is 3. The van der Waals surface area contributed by atoms with Crippen molar-refractivity contribution in [2.45, 2.75) is 13.0 Å². The number of para-hydroxylation sites is 2. The van der Waals surface area contributed by atoms with Crippen LogP contribution in [0.15, 0.2) is 47.6 Å². The summed E-state index contributed by atoms with van der Waals surface area (Å²) in [6.45, 7) is 1.72. The number of amides is 2. The van der Waals surface area contributed by atoms with Gasteiger partial charge in [0.15, 0.2) is 5.71 Å². The van der Waals surface area contributed by atoms with E-state index in [0.29, 0.717) is 27.7 Å². The van der Waals surface area contributed by atoms with Crippen LogP contribution in [0.2, 0.25) is 5.02 Å². The van der Waals surface area contributed by atoms with Crippen LogP contribution < -0.4 is 14.6 Å². The van der Waals surface area contributed by atoms with Crippen LogP contribution in [0.3, 0.4) is 0 Å². The molecule has 2 aliphatic heterocycles. The highest BCUT2D eigenvalue weighted by atomic mass is 35.5. The van der Waals surface area contributed by atoms with Crippen molar-refractivity contribution >= 4 is 46.5 Å². The minimum Gasteiger partial charge on any atom is -0.495 e. The number of hydrogen-bond donors (Lipinski definition) is 0. The van der Waals surface area contributed by atoms with Crippen LogP contribution in [0.25, 0.3) is 0 Å². The van der Waals surface area contributed by atoms with Crippen molar-refractivity contribution in [3.05, 3.63) is 53.1 Å². The molecule has 2 aromatic rings. The average molecular weight is 428 g/mol. The SMILES string of the molecule is COC(=O)C1=NN(c2ccccc2OC)[C@@H]2C(=O)N(c3cccc(Cl)c3C)C(=O)[C@H]12. The predicted octanol–water partition coefficient (Wildman–Crippen LogP) is 2.56. The van der Waals surface area contributed by atoms with Crippen molar-refractivity contribution in [3.8, 4) is 5.75 Å². The van der Waals surface area contributed by atoms with Gasteiger partial charge in [-0.25, -0.2) is 14.7 Å². The lowest BCUT2D eigenvalue weighted by Gasteiger charge is -2.24. The molecule has 0 unspecified atom stereocenters. The Labute approximate surface area is 177 Å². The van der Waals surface area contributed by atoms with Gasteiger partial charge in [-0.3, -0.25) is 9.59 Å². The maximum Gasteiger partial charge on any atom is 0.355 e. The van der Waals surface area contributed by atoms with E-state index in [1.165, 1.54) is 19.2 Å². The summed E-state index contributed by atoms with van der Waals surface area (Å²) in [4.78, 5) is 40.3. The van der Waals surface area contributed by atoms with E-state index < -0.39 is 29.7 Å². The highest BCUT2D eigenvalue weighted by molar-refractivity contribution is 6.47. The summed E-state index contributed by atoms with van der Waals surface area (Å²) in [7, 11) is 2.69. The first-order valence-corrected chi connectivity index (χ1v) is 9.50. The third-order valence-electron chi connectivity index (χ3n) is 5.26. The molecule has 0 spiro atoms. The second-order valence-electron chi connectivity index (χ2n) is 6.81. The van der Waals surface area contributed by atoms with Crippen molar-refractivity contribution in [2.75, 3.05) is 24.1 Å². The Kier molecular flexibility index (Phi) is 4.95. The molecule has 0 aliphatic carbocycles. The smallest absolute Gasteiger partial charge is 0.355 e. The minimum absolute atomic E-state index is 0.131. The first-order valence-electron chi connectivity index (χ1n) is 9.12. The van der Waals surface area contributed by atoms with Gasteiger partial charge in [0.2, 0.25) is 5.91 Å². The zero-order chi connectivity index (χ0) is 21.6. The van der Waals surface area contributed by atoms with Crippen molar-refractivity contribution in [1.82, 2.24) is 0 Å². The summed E-state index contributed by atoms with van der Waals surface area (Å²) in [6, 6.07) is 10.9. The quantitative estimate of drug-likeness (QED) is 0.550. The number of fused-ring (bicyclic) bond motifs is 1. The summed E-state index contributed by atoms with van der Waals surface area (Å²) in [5.41, 5.74) is 1.28. The molecule has 1 saturated heterocycles. The van der Waals surface area contributed by atoms with Crippen LogP contribution in [-0.4, -0.2) is 43.8 Å². The van der Waals surface area contributed by atoms with Gasteiger partial charge in [0.05, 0.1) is 19.9 Å². The normalized spacial score (nSPS) is 20.3. The Hall–Kier alpha value is -3.39. The van der Waals surface area contributed by atoms with Gasteiger partial charge in [-0.15, -0.1) is 0 Å². The minimum atomic E-state index is -1.10. The molecule has 154 valence electrons. The number of ether oxygens (including phenoxy) is 2. The zero-order valence-corrected chi connectivity index (χ0v) is 17.2. The highest BCUT2D eigenvalue weighted by Gasteiger charge is 2.59. The summed E-state index contributed by atoms with van der Waals surface area (Å²) < 4.78 is 10.2. The summed E-state index contributed by atoms with van der Waals surface area (Å²) in [5, 5.41) is 6.07. The molecule has 30 heavy (non-hydrogen) atoms. The predicted molar refractivity (Wildman–Crippen MR) is 111 cm³/mol. The lowest BCUT2D eigenvalue weighted by molar-refractivity contribution is -0.133. The van der Waals surface area contributed by atoms with E-state index in [4.69, 9.17) is 21.1 Å². The van der Waals surface area contributed by atoms with Crippen molar-refractivity contribution < 1.29 is 23.9 Å². The fourth-order valence-corrected chi connectivity index (χ4v) is 3.95. The lowest BCUT2D eigenvalue weighted by Crippen LogP contribution is -2.39. The zero-order valence-electron chi connectivity index (χ0n) is 16.5. The van der Waals surface area contributed by atoms with E-state index in [-0.39, 0.29) is 5.71 Å². The number of imide groups is 1. The second-order valence-corrected chi connectivity index (χ2v) is 7.22. The molecule has 2 atom stereocenters. The van der Waals surface area contributed by atoms with E-state index in [1.54, 1.807) is 49.4 Å². The van der Waals surface area contributed by atoms with E-state index in [1.807, 2.05) is 0 Å². The Morgan fingerprint density at radius 1 is 1.03 bits per heavy atom. The Morgan fingerprint density at radius 3 is 2.43 bits per heavy atom. The van der Waals surface area contributed by atoms with Crippen molar-refractivity contribution in [1.29, 1.82) is 0 Å². The molecule has 4 rings (SSSR count). The molecule has 0 aromatic heterocycles. The number of nitrogens with zero attached hydrogens (tertiary/aromatic N) is 3. The van der Waals surface area contributed by atoms with E-state index in [0.717, 1.165) is 4.90 Å². The molecule has 0 bridgehead atoms. The molecular weight excluding hydrogens is 410 g/mol. The molecule has 2 aliphatic rings. The maximum atomic E-state index is 13.5. The lowest BCUT2D eigenvalue weighted by atomic mass is 9.97. The molecule has 1 fully saturated rings. The molecular formula is C21H18ClN3O5. The second kappa shape index (κ2) is 7.46. The first-order chi connectivity index (χ1) is 14.4. The molecule has 9 heteroatoms. The van der Waals surface area contributed by atoms with Gasteiger partial charge in [0.1, 0.15) is 23.4 Å². The topological polar surface area (TPSA) is 88.5 Å². The van der Waals surface area contributed by atoms with E-state index >= 15 is 0 Å². The molecule has 2 aromatic carbocycles. The number of carbonyl (C=O) groups is 3. The van der Waals surface area contributed by atoms with Gasteiger partial charge in [-0.1, -0.05) is 29.8 Å². The van der Waals surface area contributed by atoms with Crippen LogP contribution in [0.1, 0.15) is 5.56 Å². The van der Waals surface area contributed by atoms with Crippen LogP contribution in [-0.2, 0) is 19.1 Å². The summed E-state index contributed by atoms with van der Waals surface area (Å²) in [6.07, 6.45) is 0. The van der Waals surface area contributed by atoms with Crippen molar-refractivity contribution in [2.24, 2.45) is 11.0 Å². The number of rotatable bonds is 4. The largest absolute Gasteiger partial charge is 0.495 e. The number of benzene rings is 2. The molecule has 8 nitrogen and oxygen atoms in total. The average Bonchev–Trinajstić information content (AvgIpc) is 3.27. The molecule has 0 radical (unpaired) electrons. The van der Waals surface area contributed by atoms with Crippen LogP contribution in [0.5, 0.6) is 5.75 Å². The Bertz CT molecular complexity index is 1100. The van der Waals surface area contributed by atoms with Gasteiger partial charge in [-0.05, 0) is 36.8 Å². The Morgan fingerprint density at radius 2 is 1.73 bits per heavy atom. The van der Waals surface area contributed by atoms with Crippen molar-refractivity contribution in [3.63, 3.8) is 0 Å². The molecule has 2 amide bonds. The van der Waals surface area contributed by atoms with E-state index in [2.05, 4.69) is 5.10 Å². The first kappa shape index (κ1) is 19.9. The summed E-state index contributed by atoms with van der Waals surface area (Å²) in [5.74, 6) is -2.49. The van der Waals surface area contributed by atoms with Gasteiger partial charge in [0.25, 0.3) is 5.91 Å². The highest BCUT2D eigenvalue weighted by Crippen LogP contribution is 2.42. The van der Waals surface area contributed by atoms with Gasteiger partial charge in [-0.2, -0.15) is 5.10 Å². The standard InChI is InChI=1S/C21H18ClN3O5/c1-11-12(22)7-6-9-13(11)24-19(26)16-17(21(28)30-3)23-25(18(16)20(24)27)14-8-4-5-10-15(14)29-2/h4-10,16,18H,1-3H3/t16-,18+/m1/s1. The summed E-state index contributed by atoms with van der Waals surface area (Å²) >= 11 is 6.20. The van der Waals surface area contributed by atoms with Crippen LogP contribution in [0, 0.1) is 12.8 Å². The number of halogens is 1. The van der Waals surface area contributed by atoms with Gasteiger partial charge >= 0.3 is 5.97 Å². The molecule has 0 N–H and O–H groups in total. The van der Waals surface area contributed by atoms with Gasteiger partial charge < -0.3 is 9.47 Å². The number of hydrogen-bond acceptors (Lipinski definition) is 7. The van der Waals surface area contributed by atoms with E-state index in [9.17, 15) is 14.4 Å². The molecule has 0 saturated carbocycles. The number of hydrazone groups is 1. The van der Waals surface area contributed by atoms with Crippen LogP contribution >= 0.6 is 11.6 Å². The van der Waals surface area contributed by atoms with Crippen LogP contribution in [0.4, 0.5) is 11.4 Å². The monoisotopic (exact) mass is 427 g/mol. The third-order valence-corrected chi connectivity index (χ3v) is 5.67. The Balaban J connectivity index is 1.86. The number of esters is 1. The number of methoxy groups -OCH3 is 2. The fourth-order valence-electron chi connectivity index (χ4n) is 3.78. The third kappa shape index (κ3) is 2.83. The molecule has 2 heterocycles. The fraction of sp³-hybridized carbons (Fsp3) is 0.238. The maximum absolute atomic E-state index is 13.5. The number of anilines is 2.